The van der Waals surface area contributed by atoms with E-state index in [-0.39, 0.29) is 18.2 Å². The zero-order valence-electron chi connectivity index (χ0n) is 10.4. The zero-order valence-corrected chi connectivity index (χ0v) is 10.4. The molecule has 5 heteroatoms. The highest BCUT2D eigenvalue weighted by molar-refractivity contribution is 5.85. The Balaban J connectivity index is 2.55. The van der Waals surface area contributed by atoms with Crippen molar-refractivity contribution in [3.63, 3.8) is 0 Å². The van der Waals surface area contributed by atoms with Gasteiger partial charge in [-0.2, -0.15) is 0 Å². The number of rotatable bonds is 6. The quantitative estimate of drug-likeness (QED) is 0.701. The predicted octanol–water partition coefficient (Wildman–Crippen LogP) is 0.261. The lowest BCUT2D eigenvalue weighted by Gasteiger charge is -2.22. The molecule has 0 aromatic heterocycles. The van der Waals surface area contributed by atoms with Crippen LogP contribution in [0.2, 0.25) is 0 Å². The van der Waals surface area contributed by atoms with Gasteiger partial charge < -0.3 is 15.7 Å². The third kappa shape index (κ3) is 4.34. The van der Waals surface area contributed by atoms with Crippen molar-refractivity contribution in [1.29, 1.82) is 0 Å². The number of unbranched alkanes of at least 4 members (excludes halogenated alkanes) is 1. The molecule has 0 radical (unpaired) electrons. The summed E-state index contributed by atoms with van der Waals surface area (Å²) >= 11 is 0. The number of β-amino-alcohol motifs (C(OH)–C–C–N with tert-alkyl or cyclic N) is 1. The van der Waals surface area contributed by atoms with E-state index in [0.717, 1.165) is 12.8 Å². The molecule has 0 saturated carbocycles. The topological polar surface area (TPSA) is 83.6 Å². The van der Waals surface area contributed by atoms with Crippen LogP contribution in [-0.2, 0) is 9.59 Å². The third-order valence-corrected chi connectivity index (χ3v) is 3.18. The van der Waals surface area contributed by atoms with Gasteiger partial charge in [-0.3, -0.25) is 9.59 Å². The van der Waals surface area contributed by atoms with E-state index in [1.165, 1.54) is 0 Å². The lowest BCUT2D eigenvalue weighted by atomic mass is 9.96. The van der Waals surface area contributed by atoms with Gasteiger partial charge in [0.2, 0.25) is 11.8 Å². The Bertz CT molecular complexity index is 281. The highest BCUT2D eigenvalue weighted by atomic mass is 16.3. The fourth-order valence-corrected chi connectivity index (χ4v) is 2.21. The number of nitrogens with zero attached hydrogens (tertiary/aromatic N) is 1. The van der Waals surface area contributed by atoms with Crippen LogP contribution in [0.4, 0.5) is 0 Å². The second-order valence-corrected chi connectivity index (χ2v) is 4.74. The van der Waals surface area contributed by atoms with E-state index in [2.05, 4.69) is 0 Å². The average Bonchev–Trinajstić information content (AvgIpc) is 2.69. The van der Waals surface area contributed by atoms with Crippen LogP contribution in [0, 0.1) is 5.92 Å². The van der Waals surface area contributed by atoms with Gasteiger partial charge in [-0.05, 0) is 12.8 Å². The summed E-state index contributed by atoms with van der Waals surface area (Å²) in [6.45, 7) is 3.02. The molecule has 0 aliphatic carbocycles. The van der Waals surface area contributed by atoms with Crippen LogP contribution in [0.3, 0.4) is 0 Å². The molecule has 1 fully saturated rings. The van der Waals surface area contributed by atoms with Crippen LogP contribution in [0.5, 0.6) is 0 Å². The molecule has 2 amide bonds. The normalized spacial score (nSPS) is 21.5. The fourth-order valence-electron chi connectivity index (χ4n) is 2.21. The van der Waals surface area contributed by atoms with Crippen molar-refractivity contribution < 1.29 is 14.7 Å². The summed E-state index contributed by atoms with van der Waals surface area (Å²) < 4.78 is 0. The molecular weight excluding hydrogens is 220 g/mol. The van der Waals surface area contributed by atoms with E-state index in [1.807, 2.05) is 6.92 Å². The van der Waals surface area contributed by atoms with E-state index in [9.17, 15) is 14.7 Å². The molecule has 0 spiro atoms. The number of nitrogens with two attached hydrogens (primary N) is 1. The maximum atomic E-state index is 12.1. The molecule has 2 atom stereocenters. The van der Waals surface area contributed by atoms with E-state index in [0.29, 0.717) is 25.9 Å². The van der Waals surface area contributed by atoms with Crippen molar-refractivity contribution in [3.05, 3.63) is 0 Å². The Kier molecular flexibility index (Phi) is 5.41. The Morgan fingerprint density at radius 3 is 2.71 bits per heavy atom. The number of carbonyl (C=O) groups is 2. The van der Waals surface area contributed by atoms with Crippen LogP contribution in [0.1, 0.15) is 39.0 Å². The summed E-state index contributed by atoms with van der Waals surface area (Å²) in [6, 6.07) is 0. The summed E-state index contributed by atoms with van der Waals surface area (Å²) in [5.74, 6) is -0.772. The van der Waals surface area contributed by atoms with Gasteiger partial charge in [0.15, 0.2) is 0 Å². The third-order valence-electron chi connectivity index (χ3n) is 3.18. The fraction of sp³-hybridized carbons (Fsp3) is 0.833. The molecule has 98 valence electrons. The molecular formula is C12H22N2O3. The predicted molar refractivity (Wildman–Crippen MR) is 64.0 cm³/mol. The number of likely N-dealkylation sites (tertiary alicyclic amines) is 1. The van der Waals surface area contributed by atoms with Crippen LogP contribution in [0.25, 0.3) is 0 Å². The van der Waals surface area contributed by atoms with Gasteiger partial charge in [-0.1, -0.05) is 19.8 Å². The van der Waals surface area contributed by atoms with Crippen molar-refractivity contribution in [1.82, 2.24) is 4.90 Å². The number of aliphatic hydroxyl groups is 1. The zero-order chi connectivity index (χ0) is 12.8. The molecule has 0 aromatic rings. The summed E-state index contributed by atoms with van der Waals surface area (Å²) in [4.78, 5) is 24.7. The highest BCUT2D eigenvalue weighted by Gasteiger charge is 2.30. The second kappa shape index (κ2) is 6.59. The molecule has 17 heavy (non-hydrogen) atoms. The minimum absolute atomic E-state index is 0.0335. The molecule has 1 saturated heterocycles. The number of carbonyl (C=O) groups excluding carboxylic acids is 2. The maximum absolute atomic E-state index is 12.1. The molecule has 3 N–H and O–H groups in total. The maximum Gasteiger partial charge on any atom is 0.226 e. The van der Waals surface area contributed by atoms with Crippen LogP contribution < -0.4 is 5.73 Å². The van der Waals surface area contributed by atoms with Crippen LogP contribution in [-0.4, -0.2) is 41.0 Å². The standard InChI is InChI=1S/C12H22N2O3/c1-2-3-4-9(7-11(13)16)12(17)14-6-5-10(15)8-14/h9-10,15H,2-8H2,1H3,(H2,13,16). The lowest BCUT2D eigenvalue weighted by Crippen LogP contribution is -2.36. The van der Waals surface area contributed by atoms with Crippen molar-refractivity contribution in [2.75, 3.05) is 13.1 Å². The van der Waals surface area contributed by atoms with Gasteiger partial charge in [0.25, 0.3) is 0 Å². The Hall–Kier alpha value is -1.10. The van der Waals surface area contributed by atoms with Gasteiger partial charge in [0.1, 0.15) is 0 Å². The molecule has 1 rings (SSSR count). The summed E-state index contributed by atoms with van der Waals surface area (Å²) in [6.07, 6.45) is 2.93. The molecule has 1 aliphatic rings. The Morgan fingerprint density at radius 2 is 2.24 bits per heavy atom. The van der Waals surface area contributed by atoms with Crippen LogP contribution in [0.15, 0.2) is 0 Å². The van der Waals surface area contributed by atoms with E-state index in [1.54, 1.807) is 4.90 Å². The number of aliphatic hydroxyl groups excluding tert-OH is 1. The summed E-state index contributed by atoms with van der Waals surface area (Å²) in [5, 5.41) is 9.40. The first-order valence-corrected chi connectivity index (χ1v) is 6.29. The van der Waals surface area contributed by atoms with Gasteiger partial charge in [-0.25, -0.2) is 0 Å². The largest absolute Gasteiger partial charge is 0.391 e. The van der Waals surface area contributed by atoms with E-state index >= 15 is 0 Å². The number of hydrogen-bond donors (Lipinski definition) is 2. The average molecular weight is 242 g/mol. The van der Waals surface area contributed by atoms with Crippen molar-refractivity contribution in [2.24, 2.45) is 11.7 Å². The minimum atomic E-state index is -0.431. The summed E-state index contributed by atoms with van der Waals surface area (Å²) in [7, 11) is 0. The first-order chi connectivity index (χ1) is 8.04. The van der Waals surface area contributed by atoms with Crippen LogP contribution >= 0.6 is 0 Å². The molecule has 0 aromatic carbocycles. The SMILES string of the molecule is CCCCC(CC(N)=O)C(=O)N1CCC(O)C1. The van der Waals surface area contributed by atoms with Crippen molar-refractivity contribution in [3.8, 4) is 0 Å². The first kappa shape index (κ1) is 14.0. The van der Waals surface area contributed by atoms with E-state index in [4.69, 9.17) is 5.73 Å². The molecule has 1 aliphatic heterocycles. The Labute approximate surface area is 102 Å². The second-order valence-electron chi connectivity index (χ2n) is 4.74. The first-order valence-electron chi connectivity index (χ1n) is 6.29. The molecule has 5 nitrogen and oxygen atoms in total. The summed E-state index contributed by atoms with van der Waals surface area (Å²) in [5.41, 5.74) is 5.17. The molecule has 0 bridgehead atoms. The lowest BCUT2D eigenvalue weighted by molar-refractivity contribution is -0.137. The van der Waals surface area contributed by atoms with Crippen molar-refractivity contribution >= 4 is 11.8 Å². The monoisotopic (exact) mass is 242 g/mol. The van der Waals surface area contributed by atoms with Gasteiger partial charge >= 0.3 is 0 Å². The van der Waals surface area contributed by atoms with Gasteiger partial charge in [0.05, 0.1) is 6.10 Å². The Morgan fingerprint density at radius 1 is 1.53 bits per heavy atom. The minimum Gasteiger partial charge on any atom is -0.391 e. The van der Waals surface area contributed by atoms with Crippen molar-refractivity contribution in [2.45, 2.75) is 45.1 Å². The van der Waals surface area contributed by atoms with Gasteiger partial charge in [-0.15, -0.1) is 0 Å². The molecule has 2 unspecified atom stereocenters. The highest BCUT2D eigenvalue weighted by Crippen LogP contribution is 2.19. The van der Waals surface area contributed by atoms with Gasteiger partial charge in [0, 0.05) is 25.4 Å². The number of amides is 2. The molecule has 1 heterocycles. The smallest absolute Gasteiger partial charge is 0.226 e. The number of primary amides is 1. The van der Waals surface area contributed by atoms with E-state index < -0.39 is 12.0 Å². The number of hydrogen-bond acceptors (Lipinski definition) is 3.